The highest BCUT2D eigenvalue weighted by Gasteiger charge is 2.20. The number of fused-ring (bicyclic) bond motifs is 1. The Morgan fingerprint density at radius 2 is 1.76 bits per heavy atom. The van der Waals surface area contributed by atoms with Crippen molar-refractivity contribution >= 4 is 22.2 Å². The van der Waals surface area contributed by atoms with Gasteiger partial charge in [-0.3, -0.25) is 9.35 Å². The number of hydrogen-bond donors (Lipinski definition) is 2. The van der Waals surface area contributed by atoms with Crippen molar-refractivity contribution in [2.24, 2.45) is 7.05 Å². The Bertz CT molecular complexity index is 1720. The largest absolute Gasteiger partial charge is 0.455 e. The van der Waals surface area contributed by atoms with E-state index in [0.29, 0.717) is 34.3 Å². The molecule has 1 unspecified atom stereocenters. The summed E-state index contributed by atoms with van der Waals surface area (Å²) in [4.78, 5) is 13.0. The van der Waals surface area contributed by atoms with Gasteiger partial charge in [0.25, 0.3) is 5.56 Å². The van der Waals surface area contributed by atoms with Crippen LogP contribution in [-0.2, 0) is 24.7 Å². The summed E-state index contributed by atoms with van der Waals surface area (Å²) in [6.45, 7) is 0.219. The standard InChI is InChI=1S/C28H22F2N2O5S/c1-32-16-22(27-21(28(32)33)15-26(37-27)18-5-3-2-4-6-18)20-13-17(11-12-31-38(34)35)7-9-24(20)36-25-10-8-19(29)14-23(25)30/h2-10,13-16,31H,11-12H2,1H3,(H,34,35). The van der Waals surface area contributed by atoms with Gasteiger partial charge in [0.1, 0.15) is 22.9 Å². The monoisotopic (exact) mass is 536 g/mol. The Kier molecular flexibility index (Phi) is 7.19. The Balaban J connectivity index is 1.68. The van der Waals surface area contributed by atoms with Gasteiger partial charge in [-0.25, -0.2) is 17.7 Å². The van der Waals surface area contributed by atoms with Gasteiger partial charge in [0.15, 0.2) is 11.6 Å². The van der Waals surface area contributed by atoms with Crippen LogP contribution < -0.4 is 15.0 Å². The van der Waals surface area contributed by atoms with E-state index in [9.17, 15) is 17.8 Å². The van der Waals surface area contributed by atoms with E-state index in [1.165, 1.54) is 10.6 Å². The lowest BCUT2D eigenvalue weighted by Gasteiger charge is -2.15. The molecule has 3 aromatic carbocycles. The number of aryl methyl sites for hydroxylation is 1. The summed E-state index contributed by atoms with van der Waals surface area (Å²) in [5, 5.41) is 0.352. The lowest BCUT2D eigenvalue weighted by atomic mass is 10.0. The van der Waals surface area contributed by atoms with Crippen molar-refractivity contribution in [2.45, 2.75) is 6.42 Å². The zero-order chi connectivity index (χ0) is 26.8. The number of halogens is 2. The van der Waals surface area contributed by atoms with Crippen molar-refractivity contribution in [3.8, 4) is 33.9 Å². The minimum atomic E-state index is -2.16. The molecule has 0 amide bonds. The highest BCUT2D eigenvalue weighted by Crippen LogP contribution is 2.40. The molecule has 5 aromatic rings. The molecule has 0 aliphatic heterocycles. The SMILES string of the molecule is Cn1cc(-c2cc(CCNS(=O)O)ccc2Oc2ccc(F)cc2F)c2oc(-c3ccccc3)cc2c1=O. The van der Waals surface area contributed by atoms with E-state index >= 15 is 0 Å². The molecule has 5 rings (SSSR count). The van der Waals surface area contributed by atoms with Gasteiger partial charge in [0.05, 0.1) is 5.39 Å². The number of hydrogen-bond acceptors (Lipinski definition) is 4. The van der Waals surface area contributed by atoms with Gasteiger partial charge in [-0.2, -0.15) is 0 Å². The molecule has 0 bridgehead atoms. The van der Waals surface area contributed by atoms with Crippen LogP contribution >= 0.6 is 0 Å². The van der Waals surface area contributed by atoms with E-state index in [-0.39, 0.29) is 23.6 Å². The van der Waals surface area contributed by atoms with Gasteiger partial charge in [0, 0.05) is 42.5 Å². The Hall–Kier alpha value is -4.12. The Labute approximate surface area is 218 Å². The minimum Gasteiger partial charge on any atom is -0.455 e. The van der Waals surface area contributed by atoms with Crippen LogP contribution in [0.2, 0.25) is 0 Å². The molecule has 0 aliphatic rings. The van der Waals surface area contributed by atoms with Crippen LogP contribution in [0.4, 0.5) is 8.78 Å². The molecule has 194 valence electrons. The molecule has 0 radical (unpaired) electrons. The molecule has 0 saturated heterocycles. The fourth-order valence-electron chi connectivity index (χ4n) is 4.18. The minimum absolute atomic E-state index is 0.178. The van der Waals surface area contributed by atoms with Crippen molar-refractivity contribution in [1.82, 2.24) is 9.29 Å². The highest BCUT2D eigenvalue weighted by atomic mass is 32.2. The lowest BCUT2D eigenvalue weighted by molar-refractivity contribution is 0.439. The van der Waals surface area contributed by atoms with Crippen molar-refractivity contribution in [3.05, 3.63) is 107 Å². The topological polar surface area (TPSA) is 93.7 Å². The predicted molar refractivity (Wildman–Crippen MR) is 141 cm³/mol. The maximum atomic E-state index is 14.5. The number of nitrogens with zero attached hydrogens (tertiary/aromatic N) is 1. The van der Waals surface area contributed by atoms with E-state index in [1.54, 1.807) is 37.5 Å². The van der Waals surface area contributed by atoms with Crippen LogP contribution in [0.25, 0.3) is 33.4 Å². The van der Waals surface area contributed by atoms with E-state index in [0.717, 1.165) is 23.3 Å². The summed E-state index contributed by atoms with van der Waals surface area (Å²) in [6, 6.07) is 19.2. The number of benzene rings is 3. The van der Waals surface area contributed by atoms with E-state index < -0.39 is 22.9 Å². The summed E-state index contributed by atoms with van der Waals surface area (Å²) in [6.07, 6.45) is 2.00. The second-order valence-corrected chi connectivity index (χ2v) is 9.37. The fourth-order valence-corrected chi connectivity index (χ4v) is 4.46. The number of rotatable bonds is 8. The molecular weight excluding hydrogens is 514 g/mol. The number of nitrogens with one attached hydrogen (secondary N) is 1. The molecule has 0 spiro atoms. The van der Waals surface area contributed by atoms with Gasteiger partial charge >= 0.3 is 0 Å². The summed E-state index contributed by atoms with van der Waals surface area (Å²) in [5.74, 6) is -1.03. The zero-order valence-corrected chi connectivity index (χ0v) is 20.9. The van der Waals surface area contributed by atoms with Crippen LogP contribution in [0.1, 0.15) is 5.56 Å². The fraction of sp³-hybridized carbons (Fsp3) is 0.107. The maximum absolute atomic E-state index is 14.5. The molecule has 2 N–H and O–H groups in total. The van der Waals surface area contributed by atoms with E-state index in [1.807, 2.05) is 30.3 Å². The first kappa shape index (κ1) is 25.5. The molecule has 7 nitrogen and oxygen atoms in total. The first-order valence-electron chi connectivity index (χ1n) is 11.6. The molecule has 10 heteroatoms. The first-order valence-corrected chi connectivity index (χ1v) is 12.7. The van der Waals surface area contributed by atoms with Crippen LogP contribution in [0.5, 0.6) is 11.5 Å². The van der Waals surface area contributed by atoms with Crippen LogP contribution in [-0.4, -0.2) is 19.9 Å². The molecule has 2 heterocycles. The van der Waals surface area contributed by atoms with Gasteiger partial charge in [0.2, 0.25) is 11.3 Å². The molecule has 38 heavy (non-hydrogen) atoms. The summed E-state index contributed by atoms with van der Waals surface area (Å²) in [7, 11) is 1.62. The maximum Gasteiger partial charge on any atom is 0.261 e. The zero-order valence-electron chi connectivity index (χ0n) is 20.1. The molecular formula is C28H22F2N2O5S. The summed E-state index contributed by atoms with van der Waals surface area (Å²) < 4.78 is 63.9. The van der Waals surface area contributed by atoms with Crippen LogP contribution in [0, 0.1) is 11.6 Å². The van der Waals surface area contributed by atoms with Crippen LogP contribution in [0.3, 0.4) is 0 Å². The van der Waals surface area contributed by atoms with Crippen molar-refractivity contribution < 1.29 is 26.7 Å². The molecule has 2 aromatic heterocycles. The van der Waals surface area contributed by atoms with Crippen molar-refractivity contribution in [1.29, 1.82) is 0 Å². The van der Waals surface area contributed by atoms with Crippen molar-refractivity contribution in [3.63, 3.8) is 0 Å². The third kappa shape index (κ3) is 5.28. The normalized spacial score (nSPS) is 12.1. The van der Waals surface area contributed by atoms with Gasteiger partial charge < -0.3 is 13.7 Å². The second-order valence-electron chi connectivity index (χ2n) is 8.58. The highest BCUT2D eigenvalue weighted by molar-refractivity contribution is 7.77. The average molecular weight is 537 g/mol. The third-order valence-corrected chi connectivity index (χ3v) is 6.45. The van der Waals surface area contributed by atoms with Gasteiger partial charge in [-0.1, -0.05) is 36.4 Å². The number of ether oxygens (including phenoxy) is 1. The number of pyridine rings is 1. The molecule has 1 atom stereocenters. The molecule has 0 saturated carbocycles. The molecule has 0 aliphatic carbocycles. The summed E-state index contributed by atoms with van der Waals surface area (Å²) in [5.41, 5.74) is 2.64. The van der Waals surface area contributed by atoms with E-state index in [2.05, 4.69) is 4.72 Å². The number of aromatic nitrogens is 1. The second kappa shape index (κ2) is 10.7. The smallest absolute Gasteiger partial charge is 0.261 e. The quantitative estimate of drug-likeness (QED) is 0.244. The Morgan fingerprint density at radius 1 is 1.00 bits per heavy atom. The first-order chi connectivity index (χ1) is 18.3. The molecule has 0 fully saturated rings. The third-order valence-electron chi connectivity index (χ3n) is 6.00. The predicted octanol–water partition coefficient (Wildman–Crippen LogP) is 5.80. The average Bonchev–Trinajstić information content (AvgIpc) is 3.35. The lowest BCUT2D eigenvalue weighted by Crippen LogP contribution is -2.19. The van der Waals surface area contributed by atoms with Crippen LogP contribution in [0.15, 0.2) is 88.2 Å². The van der Waals surface area contributed by atoms with Crippen molar-refractivity contribution in [2.75, 3.05) is 6.54 Å². The van der Waals surface area contributed by atoms with Gasteiger partial charge in [-0.05, 0) is 42.3 Å². The summed E-state index contributed by atoms with van der Waals surface area (Å²) >= 11 is -2.16. The van der Waals surface area contributed by atoms with E-state index in [4.69, 9.17) is 13.7 Å². The van der Waals surface area contributed by atoms with Gasteiger partial charge in [-0.15, -0.1) is 0 Å². The number of furan rings is 1. The Morgan fingerprint density at radius 3 is 2.50 bits per heavy atom.